The Balaban J connectivity index is 1.88. The summed E-state index contributed by atoms with van der Waals surface area (Å²) in [7, 11) is 1.82. The van der Waals surface area contributed by atoms with Gasteiger partial charge < -0.3 is 4.57 Å². The number of hydrogen-bond acceptors (Lipinski definition) is 3. The van der Waals surface area contributed by atoms with E-state index in [4.69, 9.17) is 0 Å². The van der Waals surface area contributed by atoms with Gasteiger partial charge in [-0.25, -0.2) is 4.68 Å². The first kappa shape index (κ1) is 15.6. The van der Waals surface area contributed by atoms with Crippen molar-refractivity contribution in [2.45, 2.75) is 25.7 Å². The van der Waals surface area contributed by atoms with Crippen molar-refractivity contribution < 1.29 is 4.79 Å². The molecule has 1 aromatic carbocycles. The molecule has 0 saturated carbocycles. The molecule has 0 aliphatic heterocycles. The van der Waals surface area contributed by atoms with Crippen LogP contribution in [0.3, 0.4) is 0 Å². The second kappa shape index (κ2) is 6.16. The van der Waals surface area contributed by atoms with Gasteiger partial charge in [-0.2, -0.15) is 0 Å². The molecule has 4 rings (SSSR count). The van der Waals surface area contributed by atoms with E-state index in [0.29, 0.717) is 11.3 Å². The van der Waals surface area contributed by atoms with Gasteiger partial charge in [0.05, 0.1) is 5.69 Å². The Morgan fingerprint density at radius 3 is 2.72 bits per heavy atom. The van der Waals surface area contributed by atoms with Crippen molar-refractivity contribution in [3.63, 3.8) is 0 Å². The van der Waals surface area contributed by atoms with Gasteiger partial charge in [-0.15, -0.1) is 5.10 Å². The van der Waals surface area contributed by atoms with Gasteiger partial charge in [0.1, 0.15) is 5.69 Å². The minimum Gasteiger partial charge on any atom is -0.319 e. The van der Waals surface area contributed by atoms with Crippen LogP contribution in [-0.2, 0) is 19.9 Å². The molecule has 25 heavy (non-hydrogen) atoms. The molecule has 0 bridgehead atoms. The Morgan fingerprint density at radius 2 is 1.96 bits per heavy atom. The molecule has 0 fully saturated rings. The average molecular weight is 332 g/mol. The van der Waals surface area contributed by atoms with E-state index in [1.165, 1.54) is 24.1 Å². The SMILES string of the molecule is C=Cn1c(-c2c(C(=O)c3ccccc3)nnn2C)cc2c1CCCC2. The number of fused-ring (bicyclic) bond motifs is 1. The number of carbonyl (C=O) groups is 1. The molecule has 0 N–H and O–H groups in total. The molecule has 3 aromatic rings. The normalized spacial score (nSPS) is 13.5. The first-order valence-corrected chi connectivity index (χ1v) is 8.56. The first-order chi connectivity index (χ1) is 12.2. The molecule has 2 heterocycles. The Kier molecular flexibility index (Phi) is 3.84. The van der Waals surface area contributed by atoms with E-state index in [0.717, 1.165) is 24.2 Å². The fraction of sp³-hybridized carbons (Fsp3) is 0.250. The molecule has 0 amide bonds. The smallest absolute Gasteiger partial charge is 0.215 e. The van der Waals surface area contributed by atoms with E-state index in [-0.39, 0.29) is 5.78 Å². The zero-order valence-electron chi connectivity index (χ0n) is 14.3. The lowest BCUT2D eigenvalue weighted by Crippen LogP contribution is -2.08. The summed E-state index contributed by atoms with van der Waals surface area (Å²) < 4.78 is 3.77. The van der Waals surface area contributed by atoms with Crippen LogP contribution >= 0.6 is 0 Å². The molecule has 5 nitrogen and oxygen atoms in total. The second-order valence-electron chi connectivity index (χ2n) is 6.37. The topological polar surface area (TPSA) is 52.7 Å². The fourth-order valence-corrected chi connectivity index (χ4v) is 3.64. The van der Waals surface area contributed by atoms with E-state index >= 15 is 0 Å². The number of benzene rings is 1. The van der Waals surface area contributed by atoms with Crippen LogP contribution in [0.2, 0.25) is 0 Å². The van der Waals surface area contributed by atoms with Crippen molar-refractivity contribution in [3.8, 4) is 11.4 Å². The number of nitrogens with zero attached hydrogens (tertiary/aromatic N) is 4. The van der Waals surface area contributed by atoms with Crippen LogP contribution in [0.1, 0.15) is 40.2 Å². The lowest BCUT2D eigenvalue weighted by molar-refractivity contribution is 0.103. The molecule has 126 valence electrons. The third kappa shape index (κ3) is 2.52. The van der Waals surface area contributed by atoms with E-state index < -0.39 is 0 Å². The van der Waals surface area contributed by atoms with Crippen molar-refractivity contribution in [2.24, 2.45) is 7.05 Å². The molecule has 0 spiro atoms. The first-order valence-electron chi connectivity index (χ1n) is 8.56. The van der Waals surface area contributed by atoms with E-state index in [2.05, 4.69) is 27.5 Å². The largest absolute Gasteiger partial charge is 0.319 e. The highest BCUT2D eigenvalue weighted by molar-refractivity contribution is 6.10. The summed E-state index contributed by atoms with van der Waals surface area (Å²) >= 11 is 0. The summed E-state index contributed by atoms with van der Waals surface area (Å²) in [4.78, 5) is 12.9. The van der Waals surface area contributed by atoms with Crippen LogP contribution in [0.25, 0.3) is 17.6 Å². The number of ketones is 1. The lowest BCUT2D eigenvalue weighted by Gasteiger charge is -2.14. The lowest BCUT2D eigenvalue weighted by atomic mass is 9.98. The molecule has 0 radical (unpaired) electrons. The molecule has 0 atom stereocenters. The summed E-state index contributed by atoms with van der Waals surface area (Å²) in [6, 6.07) is 11.4. The van der Waals surface area contributed by atoms with E-state index in [1.807, 2.05) is 31.4 Å². The van der Waals surface area contributed by atoms with Crippen molar-refractivity contribution in [2.75, 3.05) is 0 Å². The minimum atomic E-state index is -0.113. The highest BCUT2D eigenvalue weighted by Crippen LogP contribution is 2.32. The second-order valence-corrected chi connectivity index (χ2v) is 6.37. The maximum atomic E-state index is 12.9. The number of hydrogen-bond donors (Lipinski definition) is 0. The Morgan fingerprint density at radius 1 is 1.20 bits per heavy atom. The Hall–Kier alpha value is -2.95. The number of aromatic nitrogens is 4. The third-order valence-electron chi connectivity index (χ3n) is 4.84. The number of aryl methyl sites for hydroxylation is 2. The van der Waals surface area contributed by atoms with Crippen LogP contribution in [0.5, 0.6) is 0 Å². The van der Waals surface area contributed by atoms with E-state index in [9.17, 15) is 4.79 Å². The van der Waals surface area contributed by atoms with Crippen LogP contribution in [0.4, 0.5) is 0 Å². The van der Waals surface area contributed by atoms with Gasteiger partial charge in [0.15, 0.2) is 5.69 Å². The van der Waals surface area contributed by atoms with Gasteiger partial charge in [-0.05, 0) is 37.3 Å². The highest BCUT2D eigenvalue weighted by Gasteiger charge is 2.26. The highest BCUT2D eigenvalue weighted by atomic mass is 16.1. The van der Waals surface area contributed by atoms with Gasteiger partial charge in [0.2, 0.25) is 5.78 Å². The van der Waals surface area contributed by atoms with Gasteiger partial charge in [0.25, 0.3) is 0 Å². The Bertz CT molecular complexity index is 950. The maximum Gasteiger partial charge on any atom is 0.215 e. The van der Waals surface area contributed by atoms with Gasteiger partial charge in [-0.1, -0.05) is 42.1 Å². The monoisotopic (exact) mass is 332 g/mol. The quantitative estimate of drug-likeness (QED) is 0.687. The van der Waals surface area contributed by atoms with Gasteiger partial charge in [-0.3, -0.25) is 4.79 Å². The Labute approximate surface area is 146 Å². The van der Waals surface area contributed by atoms with Crippen molar-refractivity contribution in [1.82, 2.24) is 19.6 Å². The summed E-state index contributed by atoms with van der Waals surface area (Å²) in [5.41, 5.74) is 5.30. The summed E-state index contributed by atoms with van der Waals surface area (Å²) in [5.74, 6) is -0.113. The minimum absolute atomic E-state index is 0.113. The fourth-order valence-electron chi connectivity index (χ4n) is 3.64. The average Bonchev–Trinajstić information content (AvgIpc) is 3.21. The number of carbonyl (C=O) groups excluding carboxylic acids is 1. The van der Waals surface area contributed by atoms with Gasteiger partial charge in [0, 0.05) is 24.5 Å². The molecule has 5 heteroatoms. The molecular formula is C20H20N4O. The van der Waals surface area contributed by atoms with Crippen LogP contribution in [0.15, 0.2) is 43.0 Å². The van der Waals surface area contributed by atoms with E-state index in [1.54, 1.807) is 16.8 Å². The molecule has 0 unspecified atom stereocenters. The van der Waals surface area contributed by atoms with Crippen LogP contribution in [-0.4, -0.2) is 25.3 Å². The van der Waals surface area contributed by atoms with Crippen LogP contribution < -0.4 is 0 Å². The maximum absolute atomic E-state index is 12.9. The zero-order chi connectivity index (χ0) is 17.4. The molecular weight excluding hydrogens is 312 g/mol. The number of rotatable bonds is 4. The van der Waals surface area contributed by atoms with Crippen molar-refractivity contribution >= 4 is 12.0 Å². The molecule has 1 aliphatic carbocycles. The van der Waals surface area contributed by atoms with Crippen molar-refractivity contribution in [3.05, 3.63) is 65.5 Å². The molecule has 0 saturated heterocycles. The zero-order valence-corrected chi connectivity index (χ0v) is 14.3. The summed E-state index contributed by atoms with van der Waals surface area (Å²) in [6.45, 7) is 3.97. The summed E-state index contributed by atoms with van der Waals surface area (Å²) in [6.07, 6.45) is 6.31. The van der Waals surface area contributed by atoms with Gasteiger partial charge >= 0.3 is 0 Å². The van der Waals surface area contributed by atoms with Crippen molar-refractivity contribution in [1.29, 1.82) is 0 Å². The predicted octanol–water partition coefficient (Wildman–Crippen LogP) is 3.49. The standard InChI is InChI=1S/C20H20N4O/c1-3-24-16-12-8-7-11-15(16)13-17(24)19-18(21-22-23(19)2)20(25)14-9-5-4-6-10-14/h3-6,9-10,13H,1,7-8,11-12H2,2H3. The summed E-state index contributed by atoms with van der Waals surface area (Å²) in [5, 5.41) is 8.29. The van der Waals surface area contributed by atoms with Crippen LogP contribution in [0, 0.1) is 0 Å². The molecule has 2 aromatic heterocycles. The predicted molar refractivity (Wildman–Crippen MR) is 97.3 cm³/mol. The molecule has 1 aliphatic rings. The third-order valence-corrected chi connectivity index (χ3v) is 4.84.